The Hall–Kier alpha value is -3.87. The van der Waals surface area contributed by atoms with E-state index in [1.807, 2.05) is 32.0 Å². The van der Waals surface area contributed by atoms with Crippen molar-refractivity contribution in [3.8, 4) is 11.3 Å². The summed E-state index contributed by atoms with van der Waals surface area (Å²) in [5.41, 5.74) is 3.61. The summed E-state index contributed by atoms with van der Waals surface area (Å²) < 4.78 is 5.78. The molecule has 7 nitrogen and oxygen atoms in total. The number of anilines is 1. The molecular weight excluding hydrogens is 384 g/mol. The minimum atomic E-state index is -1.02. The van der Waals surface area contributed by atoms with Gasteiger partial charge in [0.1, 0.15) is 18.1 Å². The lowest BCUT2D eigenvalue weighted by Crippen LogP contribution is -2.32. The number of aromatic carboxylic acids is 1. The molecule has 1 saturated heterocycles. The number of aryl methyl sites for hydroxylation is 2. The number of benzene rings is 2. The third kappa shape index (κ3) is 3.57. The molecule has 1 fully saturated rings. The molecule has 3 aromatic rings. The topological polar surface area (TPSA) is 91.1 Å². The monoisotopic (exact) mass is 404 g/mol. The van der Waals surface area contributed by atoms with Crippen LogP contribution in [0.5, 0.6) is 0 Å². The minimum absolute atomic E-state index is 0.0115. The van der Waals surface area contributed by atoms with E-state index in [1.54, 1.807) is 24.3 Å². The van der Waals surface area contributed by atoms with Gasteiger partial charge in [-0.1, -0.05) is 18.2 Å². The Morgan fingerprint density at radius 1 is 1.03 bits per heavy atom. The molecule has 0 spiro atoms. The number of rotatable bonds is 5. The largest absolute Gasteiger partial charge is 0.478 e. The number of carboxylic acid groups (broad SMARTS) is 1. The lowest BCUT2D eigenvalue weighted by Gasteiger charge is -2.17. The molecule has 0 bridgehead atoms. The Labute approximate surface area is 173 Å². The van der Waals surface area contributed by atoms with Crippen LogP contribution in [0.2, 0.25) is 0 Å². The van der Waals surface area contributed by atoms with Crippen LogP contribution in [0, 0.1) is 13.8 Å². The summed E-state index contributed by atoms with van der Waals surface area (Å²) in [5, 5.41) is 9.14. The van der Waals surface area contributed by atoms with Crippen molar-refractivity contribution in [3.05, 3.63) is 77.0 Å². The first kappa shape index (κ1) is 19.4. The predicted octanol–water partition coefficient (Wildman–Crippen LogP) is 4.23. The summed E-state index contributed by atoms with van der Waals surface area (Å²) >= 11 is 0. The standard InChI is InChI=1S/C23H20N2O5/c1-14-6-7-18(10-15(14)2)24-13-21(26)25(23(24)29)12-19-8-9-20(30-19)16-4-3-5-17(11-16)22(27)28/h3-11H,12-13H2,1-2H3,(H,27,28). The van der Waals surface area contributed by atoms with Gasteiger partial charge in [-0.3, -0.25) is 14.6 Å². The molecule has 4 rings (SSSR count). The first-order chi connectivity index (χ1) is 14.3. The normalized spacial score (nSPS) is 13.9. The van der Waals surface area contributed by atoms with Gasteiger partial charge in [-0.25, -0.2) is 9.59 Å². The quantitative estimate of drug-likeness (QED) is 0.643. The highest BCUT2D eigenvalue weighted by molar-refractivity contribution is 6.12. The van der Waals surface area contributed by atoms with Crippen LogP contribution in [-0.2, 0) is 11.3 Å². The summed E-state index contributed by atoms with van der Waals surface area (Å²) in [5.74, 6) is -0.417. The van der Waals surface area contributed by atoms with E-state index in [0.717, 1.165) is 16.0 Å². The van der Waals surface area contributed by atoms with Crippen molar-refractivity contribution in [2.45, 2.75) is 20.4 Å². The van der Waals surface area contributed by atoms with Gasteiger partial charge < -0.3 is 9.52 Å². The highest BCUT2D eigenvalue weighted by Gasteiger charge is 2.37. The molecule has 2 heterocycles. The van der Waals surface area contributed by atoms with Crippen LogP contribution < -0.4 is 4.90 Å². The molecule has 7 heteroatoms. The lowest BCUT2D eigenvalue weighted by atomic mass is 10.1. The van der Waals surface area contributed by atoms with E-state index in [4.69, 9.17) is 9.52 Å². The molecule has 152 valence electrons. The number of carbonyl (C=O) groups excluding carboxylic acids is 2. The van der Waals surface area contributed by atoms with Crippen molar-refractivity contribution in [1.82, 2.24) is 4.90 Å². The number of hydrogen-bond acceptors (Lipinski definition) is 4. The number of urea groups is 1. The van der Waals surface area contributed by atoms with Gasteiger partial charge in [-0.15, -0.1) is 0 Å². The smallest absolute Gasteiger partial charge is 0.335 e. The second-order valence-electron chi connectivity index (χ2n) is 7.27. The van der Waals surface area contributed by atoms with E-state index in [-0.39, 0.29) is 24.6 Å². The second-order valence-corrected chi connectivity index (χ2v) is 7.27. The fraction of sp³-hybridized carbons (Fsp3) is 0.174. The minimum Gasteiger partial charge on any atom is -0.478 e. The number of nitrogens with zero attached hydrogens (tertiary/aromatic N) is 2. The van der Waals surface area contributed by atoms with E-state index in [0.29, 0.717) is 22.8 Å². The van der Waals surface area contributed by atoms with Crippen molar-refractivity contribution in [1.29, 1.82) is 0 Å². The van der Waals surface area contributed by atoms with Crippen molar-refractivity contribution in [3.63, 3.8) is 0 Å². The number of hydrogen-bond donors (Lipinski definition) is 1. The van der Waals surface area contributed by atoms with Gasteiger partial charge in [0.25, 0.3) is 5.91 Å². The summed E-state index contributed by atoms with van der Waals surface area (Å²) in [6.45, 7) is 3.94. The zero-order valence-electron chi connectivity index (χ0n) is 16.6. The first-order valence-corrected chi connectivity index (χ1v) is 9.45. The molecule has 1 aliphatic heterocycles. The third-order valence-electron chi connectivity index (χ3n) is 5.23. The average molecular weight is 404 g/mol. The fourth-order valence-electron chi connectivity index (χ4n) is 3.37. The molecule has 30 heavy (non-hydrogen) atoms. The second kappa shape index (κ2) is 7.51. The fourth-order valence-corrected chi connectivity index (χ4v) is 3.37. The average Bonchev–Trinajstić information content (AvgIpc) is 3.30. The van der Waals surface area contributed by atoms with Gasteiger partial charge in [0.15, 0.2) is 0 Å². The van der Waals surface area contributed by atoms with Crippen LogP contribution in [0.25, 0.3) is 11.3 Å². The van der Waals surface area contributed by atoms with Gasteiger partial charge in [-0.05, 0) is 61.4 Å². The van der Waals surface area contributed by atoms with Crippen molar-refractivity contribution < 1.29 is 23.9 Å². The van der Waals surface area contributed by atoms with Crippen molar-refractivity contribution >= 4 is 23.6 Å². The van der Waals surface area contributed by atoms with Gasteiger partial charge in [-0.2, -0.15) is 0 Å². The zero-order valence-corrected chi connectivity index (χ0v) is 16.6. The number of imide groups is 1. The molecule has 0 unspecified atom stereocenters. The summed E-state index contributed by atoms with van der Waals surface area (Å²) in [7, 11) is 0. The molecular formula is C23H20N2O5. The van der Waals surface area contributed by atoms with Crippen molar-refractivity contribution in [2.75, 3.05) is 11.4 Å². The van der Waals surface area contributed by atoms with Gasteiger partial charge in [0.2, 0.25) is 0 Å². The third-order valence-corrected chi connectivity index (χ3v) is 5.23. The van der Waals surface area contributed by atoms with Crippen LogP contribution in [0.15, 0.2) is 59.0 Å². The molecule has 0 radical (unpaired) electrons. The van der Waals surface area contributed by atoms with Crippen LogP contribution in [0.4, 0.5) is 10.5 Å². The summed E-state index contributed by atoms with van der Waals surface area (Å²) in [4.78, 5) is 39.1. The van der Waals surface area contributed by atoms with Crippen LogP contribution in [-0.4, -0.2) is 34.5 Å². The molecule has 3 amide bonds. The predicted molar refractivity (Wildman–Crippen MR) is 110 cm³/mol. The Morgan fingerprint density at radius 2 is 1.83 bits per heavy atom. The van der Waals surface area contributed by atoms with E-state index < -0.39 is 12.0 Å². The number of carbonyl (C=O) groups is 3. The lowest BCUT2D eigenvalue weighted by molar-refractivity contribution is -0.125. The molecule has 2 aromatic carbocycles. The molecule has 1 N–H and O–H groups in total. The SMILES string of the molecule is Cc1ccc(N2CC(=O)N(Cc3ccc(-c4cccc(C(=O)O)c4)o3)C2=O)cc1C. The maximum Gasteiger partial charge on any atom is 0.335 e. The number of carboxylic acids is 1. The number of amides is 3. The maximum atomic E-state index is 12.8. The summed E-state index contributed by atoms with van der Waals surface area (Å²) in [6, 6.07) is 15.0. The van der Waals surface area contributed by atoms with Crippen LogP contribution in [0.3, 0.4) is 0 Å². The Kier molecular flexibility index (Phi) is 4.87. The summed E-state index contributed by atoms with van der Waals surface area (Å²) in [6.07, 6.45) is 0. The molecule has 1 aromatic heterocycles. The Morgan fingerprint density at radius 3 is 2.57 bits per heavy atom. The molecule has 0 atom stereocenters. The van der Waals surface area contributed by atoms with Gasteiger partial charge >= 0.3 is 12.0 Å². The van der Waals surface area contributed by atoms with E-state index >= 15 is 0 Å². The zero-order chi connectivity index (χ0) is 21.4. The van der Waals surface area contributed by atoms with Gasteiger partial charge in [0.05, 0.1) is 12.1 Å². The Bertz CT molecular complexity index is 1160. The highest BCUT2D eigenvalue weighted by Crippen LogP contribution is 2.27. The van der Waals surface area contributed by atoms with E-state index in [9.17, 15) is 14.4 Å². The highest BCUT2D eigenvalue weighted by atomic mass is 16.4. The molecule has 0 saturated carbocycles. The number of furan rings is 1. The van der Waals surface area contributed by atoms with E-state index in [2.05, 4.69) is 0 Å². The van der Waals surface area contributed by atoms with Crippen LogP contribution in [0.1, 0.15) is 27.2 Å². The van der Waals surface area contributed by atoms with Crippen molar-refractivity contribution in [2.24, 2.45) is 0 Å². The molecule has 1 aliphatic rings. The van der Waals surface area contributed by atoms with E-state index in [1.165, 1.54) is 17.0 Å². The van der Waals surface area contributed by atoms with Gasteiger partial charge in [0, 0.05) is 11.3 Å². The Balaban J connectivity index is 1.53. The molecule has 0 aliphatic carbocycles. The first-order valence-electron chi connectivity index (χ1n) is 9.45. The van der Waals surface area contributed by atoms with Crippen LogP contribution >= 0.6 is 0 Å². The maximum absolute atomic E-state index is 12.8.